The summed E-state index contributed by atoms with van der Waals surface area (Å²) in [4.78, 5) is 53.6. The van der Waals surface area contributed by atoms with Gasteiger partial charge in [-0.1, -0.05) is 6.07 Å². The third kappa shape index (κ3) is 3.06. The number of amides is 1. The van der Waals surface area contributed by atoms with Crippen LogP contribution in [0.2, 0.25) is 0 Å². The minimum Gasteiger partial charge on any atom is -0.507 e. The predicted octanol–water partition coefficient (Wildman–Crippen LogP) is 1.07. The van der Waals surface area contributed by atoms with Crippen LogP contribution in [0, 0.1) is 17.8 Å². The Bertz CT molecular complexity index is 1330. The average molecular weight is 497 g/mol. The Balaban J connectivity index is 1.72. The van der Waals surface area contributed by atoms with E-state index in [-0.39, 0.29) is 29.7 Å². The number of aromatic hydroxyl groups is 1. The Morgan fingerprint density at radius 3 is 2.49 bits per heavy atom. The Morgan fingerprint density at radius 1 is 1.17 bits per heavy atom. The van der Waals surface area contributed by atoms with Gasteiger partial charge in [-0.25, -0.2) is 0 Å². The van der Waals surface area contributed by atoms with Gasteiger partial charge in [-0.2, -0.15) is 11.3 Å². The molecule has 0 saturated heterocycles. The van der Waals surface area contributed by atoms with Crippen molar-refractivity contribution in [3.05, 3.63) is 45.7 Å². The second-order valence-electron chi connectivity index (χ2n) is 9.61. The van der Waals surface area contributed by atoms with Crippen LogP contribution in [0.5, 0.6) is 5.75 Å². The van der Waals surface area contributed by atoms with Crippen molar-refractivity contribution >= 4 is 40.4 Å². The van der Waals surface area contributed by atoms with Gasteiger partial charge in [-0.3, -0.25) is 24.1 Å². The van der Waals surface area contributed by atoms with Crippen molar-refractivity contribution in [2.24, 2.45) is 23.5 Å². The zero-order valence-corrected chi connectivity index (χ0v) is 19.8. The first-order valence-electron chi connectivity index (χ1n) is 11.1. The van der Waals surface area contributed by atoms with Gasteiger partial charge >= 0.3 is 0 Å². The highest BCUT2D eigenvalue weighted by molar-refractivity contribution is 7.08. The van der Waals surface area contributed by atoms with Crippen LogP contribution in [0.4, 0.5) is 0 Å². The van der Waals surface area contributed by atoms with Gasteiger partial charge in [0.15, 0.2) is 23.1 Å². The summed E-state index contributed by atoms with van der Waals surface area (Å²) in [6, 6.07) is 3.96. The number of primary amides is 1. The molecule has 1 aromatic carbocycles. The fraction of sp³-hybridized carbons (Fsp3) is 0.360. The Labute approximate surface area is 204 Å². The molecule has 182 valence electrons. The van der Waals surface area contributed by atoms with Gasteiger partial charge in [0.25, 0.3) is 0 Å². The third-order valence-electron chi connectivity index (χ3n) is 7.58. The number of benzene rings is 1. The summed E-state index contributed by atoms with van der Waals surface area (Å²) in [5.74, 6) is -8.78. The molecule has 0 aliphatic heterocycles. The lowest BCUT2D eigenvalue weighted by atomic mass is 9.54. The summed E-state index contributed by atoms with van der Waals surface area (Å²) in [5, 5.41) is 37.2. The highest BCUT2D eigenvalue weighted by atomic mass is 32.1. The van der Waals surface area contributed by atoms with Crippen LogP contribution in [0.25, 0.3) is 16.9 Å². The molecule has 0 radical (unpaired) electrons. The molecule has 2 aromatic rings. The number of phenolic OH excluding ortho intramolecular Hbond substituents is 1. The molecule has 10 heteroatoms. The summed E-state index contributed by atoms with van der Waals surface area (Å²) in [6.07, 6.45) is 0.278. The zero-order chi connectivity index (χ0) is 25.4. The number of hydrogen-bond acceptors (Lipinski definition) is 9. The first-order chi connectivity index (χ1) is 16.5. The van der Waals surface area contributed by atoms with Crippen LogP contribution in [-0.4, -0.2) is 69.2 Å². The van der Waals surface area contributed by atoms with Crippen LogP contribution in [-0.2, 0) is 25.6 Å². The highest BCUT2D eigenvalue weighted by Gasteiger charge is 2.67. The number of phenols is 1. The number of aliphatic hydroxyl groups excluding tert-OH is 1. The summed E-state index contributed by atoms with van der Waals surface area (Å²) in [6.45, 7) is 0. The van der Waals surface area contributed by atoms with E-state index in [2.05, 4.69) is 0 Å². The lowest BCUT2D eigenvalue weighted by Gasteiger charge is -2.51. The van der Waals surface area contributed by atoms with Gasteiger partial charge in [0, 0.05) is 11.5 Å². The molecule has 0 bridgehead atoms. The molecule has 3 aliphatic rings. The monoisotopic (exact) mass is 496 g/mol. The summed E-state index contributed by atoms with van der Waals surface area (Å²) in [5.41, 5.74) is 4.82. The first-order valence-corrected chi connectivity index (χ1v) is 12.1. The zero-order valence-electron chi connectivity index (χ0n) is 19.0. The van der Waals surface area contributed by atoms with Crippen molar-refractivity contribution in [2.45, 2.75) is 24.5 Å². The molecule has 1 unspecified atom stereocenters. The molecule has 0 spiro atoms. The van der Waals surface area contributed by atoms with Crippen LogP contribution < -0.4 is 5.73 Å². The molecular formula is C25H24N2O7S. The van der Waals surface area contributed by atoms with E-state index < -0.39 is 58.4 Å². The lowest BCUT2D eigenvalue weighted by molar-refractivity contribution is -0.175. The fourth-order valence-corrected chi connectivity index (χ4v) is 6.73. The van der Waals surface area contributed by atoms with Gasteiger partial charge < -0.3 is 21.1 Å². The molecule has 2 fully saturated rings. The molecule has 1 heterocycles. The van der Waals surface area contributed by atoms with Crippen molar-refractivity contribution in [3.8, 4) is 16.9 Å². The maximum absolute atomic E-state index is 13.8. The van der Waals surface area contributed by atoms with Gasteiger partial charge in [-0.05, 0) is 72.4 Å². The van der Waals surface area contributed by atoms with Gasteiger partial charge in [-0.15, -0.1) is 0 Å². The first kappa shape index (κ1) is 23.4. The van der Waals surface area contributed by atoms with E-state index in [4.69, 9.17) is 5.73 Å². The normalized spacial score (nSPS) is 30.2. The van der Waals surface area contributed by atoms with E-state index in [1.54, 1.807) is 20.2 Å². The second-order valence-corrected chi connectivity index (χ2v) is 10.4. The second kappa shape index (κ2) is 7.84. The van der Waals surface area contributed by atoms with Crippen molar-refractivity contribution in [2.75, 3.05) is 14.1 Å². The number of thiophene rings is 1. The number of hydrogen-bond donors (Lipinski definition) is 4. The minimum absolute atomic E-state index is 0.0333. The Morgan fingerprint density at radius 2 is 1.89 bits per heavy atom. The van der Waals surface area contributed by atoms with E-state index in [0.717, 1.165) is 11.1 Å². The molecule has 35 heavy (non-hydrogen) atoms. The number of nitrogens with two attached hydrogens (primary N) is 1. The van der Waals surface area contributed by atoms with Crippen molar-refractivity contribution in [1.29, 1.82) is 0 Å². The molecule has 3 aliphatic carbocycles. The topological polar surface area (TPSA) is 158 Å². The number of aliphatic hydroxyl groups is 2. The minimum atomic E-state index is -2.71. The summed E-state index contributed by atoms with van der Waals surface area (Å²) >= 11 is 1.49. The highest BCUT2D eigenvalue weighted by Crippen LogP contribution is 2.52. The summed E-state index contributed by atoms with van der Waals surface area (Å²) < 4.78 is 0. The molecule has 1 amide bonds. The molecule has 5 atom stereocenters. The van der Waals surface area contributed by atoms with Gasteiger partial charge in [0.05, 0.1) is 11.6 Å². The largest absolute Gasteiger partial charge is 0.507 e. The van der Waals surface area contributed by atoms with E-state index in [1.807, 2.05) is 16.8 Å². The van der Waals surface area contributed by atoms with E-state index in [1.165, 1.54) is 22.3 Å². The smallest absolute Gasteiger partial charge is 0.235 e. The number of nitrogens with zero attached hydrogens (tertiary/aromatic N) is 1. The maximum Gasteiger partial charge on any atom is 0.235 e. The van der Waals surface area contributed by atoms with Crippen molar-refractivity contribution in [3.63, 3.8) is 0 Å². The number of carbonyl (C=O) groups excluding carboxylic acids is 4. The SMILES string of the molecule is CN(C)[C@H]1C(=O)C(C(N)=O)C(=O)[C@]2(O)C(=O)C3=C(O)c4c(O)ccc(-c5ccsc5)c4C[C@@H]3C[C@H]12. The molecule has 9 nitrogen and oxygen atoms in total. The predicted molar refractivity (Wildman–Crippen MR) is 126 cm³/mol. The van der Waals surface area contributed by atoms with E-state index in [9.17, 15) is 34.5 Å². The van der Waals surface area contributed by atoms with Crippen molar-refractivity contribution < 1.29 is 34.5 Å². The quantitative estimate of drug-likeness (QED) is 0.459. The lowest BCUT2D eigenvalue weighted by Crippen LogP contribution is -2.72. The van der Waals surface area contributed by atoms with E-state index >= 15 is 0 Å². The molecule has 1 aromatic heterocycles. The van der Waals surface area contributed by atoms with Crippen molar-refractivity contribution in [1.82, 2.24) is 4.90 Å². The molecule has 5 N–H and O–H groups in total. The number of fused-ring (bicyclic) bond motifs is 3. The van der Waals surface area contributed by atoms with E-state index in [0.29, 0.717) is 5.56 Å². The fourth-order valence-electron chi connectivity index (χ4n) is 6.08. The van der Waals surface area contributed by atoms with Crippen LogP contribution >= 0.6 is 11.3 Å². The molecule has 5 rings (SSSR count). The Hall–Kier alpha value is -3.34. The number of likely N-dealkylation sites (N-methyl/N-ethyl adjacent to an activating group) is 1. The van der Waals surface area contributed by atoms with Crippen LogP contribution in [0.15, 0.2) is 34.5 Å². The molecular weight excluding hydrogens is 472 g/mol. The third-order valence-corrected chi connectivity index (χ3v) is 8.26. The number of ketones is 3. The average Bonchev–Trinajstić information content (AvgIpc) is 3.30. The Kier molecular flexibility index (Phi) is 5.24. The maximum atomic E-state index is 13.8. The van der Waals surface area contributed by atoms with Gasteiger partial charge in [0.1, 0.15) is 11.5 Å². The standard InChI is InChI=1S/C25H24N2O7S/c1-27(2)19-14-8-11-7-13-12(10-5-6-35-9-10)3-4-15(28)17(13)20(29)16(11)22(31)25(14,34)23(32)18(21(19)30)24(26)33/h3-6,9,11,14,18-19,28-29,34H,7-8H2,1-2H3,(H2,26,33)/t11-,14-,18?,19-,25-/m1/s1. The van der Waals surface area contributed by atoms with Gasteiger partial charge in [0.2, 0.25) is 11.7 Å². The number of Topliss-reactive ketones (excluding diaryl/α,β-unsaturated/α-hetero) is 3. The van der Waals surface area contributed by atoms with Crippen LogP contribution in [0.3, 0.4) is 0 Å². The summed E-state index contributed by atoms with van der Waals surface area (Å²) in [7, 11) is 3.13. The van der Waals surface area contributed by atoms with Crippen LogP contribution in [0.1, 0.15) is 17.5 Å². The number of rotatable bonds is 3. The number of carbonyl (C=O) groups is 4. The molecule has 2 saturated carbocycles.